The van der Waals surface area contributed by atoms with Gasteiger partial charge in [-0.05, 0) is 45.3 Å². The maximum absolute atomic E-state index is 12.8. The Kier molecular flexibility index (Phi) is 6.06. The number of para-hydroxylation sites is 3. The molecule has 2 aromatic carbocycles. The number of esters is 1. The van der Waals surface area contributed by atoms with Crippen molar-refractivity contribution in [2.24, 2.45) is 0 Å². The highest BCUT2D eigenvalue weighted by molar-refractivity contribution is 6.01. The van der Waals surface area contributed by atoms with E-state index >= 15 is 0 Å². The summed E-state index contributed by atoms with van der Waals surface area (Å²) in [6, 6.07) is 14.6. The highest BCUT2D eigenvalue weighted by Gasteiger charge is 2.17. The van der Waals surface area contributed by atoms with Crippen molar-refractivity contribution in [1.82, 2.24) is 14.5 Å². The number of carbonyl (C=O) groups excluding carboxylic acids is 2. The van der Waals surface area contributed by atoms with Gasteiger partial charge in [0.1, 0.15) is 12.4 Å². The Balaban J connectivity index is 1.86. The van der Waals surface area contributed by atoms with E-state index in [9.17, 15) is 9.59 Å². The molecule has 146 valence electrons. The zero-order valence-corrected chi connectivity index (χ0v) is 16.3. The summed E-state index contributed by atoms with van der Waals surface area (Å²) < 4.78 is 6.97. The molecular formula is C21H24N4O3. The van der Waals surface area contributed by atoms with Crippen molar-refractivity contribution in [3.05, 3.63) is 59.9 Å². The highest BCUT2D eigenvalue weighted by Crippen LogP contribution is 2.19. The molecule has 7 heteroatoms. The van der Waals surface area contributed by atoms with Crippen molar-refractivity contribution in [2.45, 2.75) is 20.0 Å². The van der Waals surface area contributed by atoms with Gasteiger partial charge in [-0.25, -0.2) is 9.78 Å². The fourth-order valence-electron chi connectivity index (χ4n) is 3.02. The third-order valence-corrected chi connectivity index (χ3v) is 4.19. The summed E-state index contributed by atoms with van der Waals surface area (Å²) in [5.41, 5.74) is 2.51. The molecule has 0 radical (unpaired) electrons. The second-order valence-electron chi connectivity index (χ2n) is 6.65. The van der Waals surface area contributed by atoms with Gasteiger partial charge in [0.25, 0.3) is 0 Å². The lowest BCUT2D eigenvalue weighted by molar-refractivity contribution is -0.116. The van der Waals surface area contributed by atoms with Crippen LogP contribution in [0.1, 0.15) is 23.1 Å². The molecule has 0 unspecified atom stereocenters. The Bertz CT molecular complexity index is 994. The third kappa shape index (κ3) is 4.37. The zero-order chi connectivity index (χ0) is 20.1. The molecule has 1 amide bonds. The van der Waals surface area contributed by atoms with E-state index in [1.807, 2.05) is 47.8 Å². The molecule has 0 fully saturated rings. The van der Waals surface area contributed by atoms with Crippen molar-refractivity contribution in [3.63, 3.8) is 0 Å². The van der Waals surface area contributed by atoms with Crippen LogP contribution in [0, 0.1) is 0 Å². The first-order valence-electron chi connectivity index (χ1n) is 9.14. The Labute approximate surface area is 163 Å². The molecule has 0 saturated carbocycles. The van der Waals surface area contributed by atoms with E-state index in [-0.39, 0.29) is 19.1 Å². The van der Waals surface area contributed by atoms with Crippen molar-refractivity contribution >= 4 is 28.6 Å². The monoisotopic (exact) mass is 380 g/mol. The number of benzene rings is 2. The summed E-state index contributed by atoms with van der Waals surface area (Å²) in [5.74, 6) is 0.111. The summed E-state index contributed by atoms with van der Waals surface area (Å²) in [5, 5.41) is 2.83. The number of nitrogens with one attached hydrogen (secondary N) is 1. The predicted molar refractivity (Wildman–Crippen MR) is 108 cm³/mol. The molecule has 0 aliphatic heterocycles. The molecule has 0 atom stereocenters. The summed E-state index contributed by atoms with van der Waals surface area (Å²) >= 11 is 0. The van der Waals surface area contributed by atoms with Crippen LogP contribution in [0.3, 0.4) is 0 Å². The van der Waals surface area contributed by atoms with Crippen LogP contribution in [0.5, 0.6) is 0 Å². The average Bonchev–Trinajstić information content (AvgIpc) is 2.99. The Morgan fingerprint density at radius 1 is 1.11 bits per heavy atom. The number of imidazole rings is 1. The van der Waals surface area contributed by atoms with Crippen LogP contribution in [0.25, 0.3) is 11.0 Å². The minimum absolute atomic E-state index is 0.0981. The molecule has 7 nitrogen and oxygen atoms in total. The standard InChI is InChI=1S/C21H24N4O3/c1-4-28-21(27)15-9-5-6-10-16(15)23-20(26)14-25-18-12-8-7-11-17(18)22-19(25)13-24(2)3/h5-12H,4,13-14H2,1-3H3,(H,23,26). The molecule has 0 aliphatic carbocycles. The number of ether oxygens (including phenoxy) is 1. The van der Waals surface area contributed by atoms with Gasteiger partial charge >= 0.3 is 5.97 Å². The van der Waals surface area contributed by atoms with E-state index in [1.165, 1.54) is 0 Å². The molecule has 3 rings (SSSR count). The molecule has 0 aliphatic rings. The second kappa shape index (κ2) is 8.67. The molecule has 0 bridgehead atoms. The molecule has 0 saturated heterocycles. The Morgan fingerprint density at radius 3 is 2.57 bits per heavy atom. The van der Waals surface area contributed by atoms with Crippen molar-refractivity contribution < 1.29 is 14.3 Å². The van der Waals surface area contributed by atoms with Gasteiger partial charge in [-0.2, -0.15) is 0 Å². The van der Waals surface area contributed by atoms with E-state index in [4.69, 9.17) is 4.74 Å². The van der Waals surface area contributed by atoms with Gasteiger partial charge in [-0.1, -0.05) is 24.3 Å². The minimum Gasteiger partial charge on any atom is -0.462 e. The first-order chi connectivity index (χ1) is 13.5. The fraction of sp³-hybridized carbons (Fsp3) is 0.286. The minimum atomic E-state index is -0.459. The van der Waals surface area contributed by atoms with Crippen molar-refractivity contribution in [3.8, 4) is 0 Å². The normalized spacial score (nSPS) is 11.0. The van der Waals surface area contributed by atoms with Gasteiger partial charge < -0.3 is 19.5 Å². The molecule has 3 aromatic rings. The molecular weight excluding hydrogens is 356 g/mol. The lowest BCUT2D eigenvalue weighted by atomic mass is 10.2. The predicted octanol–water partition coefficient (Wildman–Crippen LogP) is 2.91. The number of aromatic nitrogens is 2. The first kappa shape index (κ1) is 19.6. The molecule has 0 spiro atoms. The Morgan fingerprint density at radius 2 is 1.82 bits per heavy atom. The lowest BCUT2D eigenvalue weighted by Crippen LogP contribution is -2.23. The third-order valence-electron chi connectivity index (χ3n) is 4.19. The molecule has 1 N–H and O–H groups in total. The van der Waals surface area contributed by atoms with E-state index in [0.29, 0.717) is 17.8 Å². The summed E-state index contributed by atoms with van der Waals surface area (Å²) in [7, 11) is 3.92. The average molecular weight is 380 g/mol. The number of amides is 1. The smallest absolute Gasteiger partial charge is 0.340 e. The van der Waals surface area contributed by atoms with E-state index in [1.54, 1.807) is 31.2 Å². The molecule has 28 heavy (non-hydrogen) atoms. The van der Waals surface area contributed by atoms with Crippen LogP contribution in [0.15, 0.2) is 48.5 Å². The lowest BCUT2D eigenvalue weighted by Gasteiger charge is -2.14. The summed E-state index contributed by atoms with van der Waals surface area (Å²) in [6.45, 7) is 2.73. The van der Waals surface area contributed by atoms with Gasteiger partial charge in [0.15, 0.2) is 0 Å². The summed E-state index contributed by atoms with van der Waals surface area (Å²) in [4.78, 5) is 31.5. The number of carbonyl (C=O) groups is 2. The van der Waals surface area contributed by atoms with Gasteiger partial charge in [-0.15, -0.1) is 0 Å². The van der Waals surface area contributed by atoms with Crippen LogP contribution >= 0.6 is 0 Å². The van der Waals surface area contributed by atoms with Crippen LogP contribution < -0.4 is 5.32 Å². The number of hydrogen-bond acceptors (Lipinski definition) is 5. The van der Waals surface area contributed by atoms with Crippen LogP contribution in [-0.4, -0.2) is 47.0 Å². The van der Waals surface area contributed by atoms with E-state index in [0.717, 1.165) is 16.9 Å². The van der Waals surface area contributed by atoms with Crippen molar-refractivity contribution in [2.75, 3.05) is 26.0 Å². The van der Waals surface area contributed by atoms with Gasteiger partial charge in [-0.3, -0.25) is 4.79 Å². The number of anilines is 1. The van der Waals surface area contributed by atoms with Gasteiger partial charge in [0, 0.05) is 0 Å². The SMILES string of the molecule is CCOC(=O)c1ccccc1NC(=O)Cn1c(CN(C)C)nc2ccccc21. The highest BCUT2D eigenvalue weighted by atomic mass is 16.5. The largest absolute Gasteiger partial charge is 0.462 e. The number of nitrogens with zero attached hydrogens (tertiary/aromatic N) is 3. The first-order valence-corrected chi connectivity index (χ1v) is 9.14. The van der Waals surface area contributed by atoms with Gasteiger partial charge in [0.2, 0.25) is 5.91 Å². The maximum Gasteiger partial charge on any atom is 0.340 e. The quantitative estimate of drug-likeness (QED) is 0.638. The van der Waals surface area contributed by atoms with Crippen molar-refractivity contribution in [1.29, 1.82) is 0 Å². The topological polar surface area (TPSA) is 76.5 Å². The summed E-state index contributed by atoms with van der Waals surface area (Å²) in [6.07, 6.45) is 0. The maximum atomic E-state index is 12.8. The van der Waals surface area contributed by atoms with E-state index < -0.39 is 5.97 Å². The second-order valence-corrected chi connectivity index (χ2v) is 6.65. The molecule has 1 aromatic heterocycles. The molecule has 1 heterocycles. The van der Waals surface area contributed by atoms with E-state index in [2.05, 4.69) is 10.3 Å². The van der Waals surface area contributed by atoms with Gasteiger partial charge in [0.05, 0.1) is 35.4 Å². The van der Waals surface area contributed by atoms with Crippen LogP contribution in [0.2, 0.25) is 0 Å². The Hall–Kier alpha value is -3.19. The number of hydrogen-bond donors (Lipinski definition) is 1. The zero-order valence-electron chi connectivity index (χ0n) is 16.3. The number of rotatable bonds is 7. The number of fused-ring (bicyclic) bond motifs is 1. The fourth-order valence-corrected chi connectivity index (χ4v) is 3.02. The van der Waals surface area contributed by atoms with Crippen LogP contribution in [-0.2, 0) is 22.6 Å². The van der Waals surface area contributed by atoms with Crippen LogP contribution in [0.4, 0.5) is 5.69 Å².